The Hall–Kier alpha value is -3.03. The van der Waals surface area contributed by atoms with E-state index in [9.17, 15) is 29.1 Å². The van der Waals surface area contributed by atoms with Crippen molar-refractivity contribution in [3.8, 4) is 5.75 Å². The van der Waals surface area contributed by atoms with Gasteiger partial charge in [0.1, 0.15) is 17.8 Å². The first-order chi connectivity index (χ1) is 21.6. The van der Waals surface area contributed by atoms with Crippen LogP contribution in [0, 0.1) is 5.92 Å². The second-order valence-electron chi connectivity index (χ2n) is 11.6. The van der Waals surface area contributed by atoms with Crippen molar-refractivity contribution in [3.05, 3.63) is 29.8 Å². The number of rotatable bonds is 20. The molecule has 0 heterocycles. The minimum absolute atomic E-state index is 0. The number of methoxy groups -OCH3 is 1. The fraction of sp³-hybridized carbons (Fsp3) is 0.656. The molecule has 0 radical (unpaired) electrons. The Morgan fingerprint density at radius 1 is 0.935 bits per heavy atom. The summed E-state index contributed by atoms with van der Waals surface area (Å²) in [5.41, 5.74) is 6.86. The predicted octanol–water partition coefficient (Wildman–Crippen LogP) is 2.34. The van der Waals surface area contributed by atoms with Crippen molar-refractivity contribution in [2.24, 2.45) is 11.7 Å². The normalized spacial score (nSPS) is 14.9. The number of aromatic hydroxyl groups is 1. The molecule has 0 aromatic heterocycles. The van der Waals surface area contributed by atoms with Crippen LogP contribution in [-0.2, 0) is 35.1 Å². The Bertz CT molecular complexity index is 1090. The van der Waals surface area contributed by atoms with Gasteiger partial charge >= 0.3 is 5.97 Å². The third-order valence-electron chi connectivity index (χ3n) is 7.93. The van der Waals surface area contributed by atoms with Gasteiger partial charge in [0, 0.05) is 13.0 Å². The maximum Gasteiger partial charge on any atom is 0.305 e. The minimum atomic E-state index is -0.908. The molecule has 1 saturated carbocycles. The van der Waals surface area contributed by atoms with E-state index in [1.165, 1.54) is 37.4 Å². The number of phenols is 1. The highest BCUT2D eigenvalue weighted by Gasteiger charge is 2.27. The van der Waals surface area contributed by atoms with E-state index in [0.717, 1.165) is 37.7 Å². The van der Waals surface area contributed by atoms with Gasteiger partial charge in [0.25, 0.3) is 0 Å². The molecule has 1 fully saturated rings. The molecule has 46 heavy (non-hydrogen) atoms. The molecule has 0 spiro atoms. The third kappa shape index (κ3) is 16.5. The van der Waals surface area contributed by atoms with Gasteiger partial charge in [-0.25, -0.2) is 0 Å². The molecule has 0 bridgehead atoms. The van der Waals surface area contributed by atoms with Crippen molar-refractivity contribution in [1.82, 2.24) is 21.3 Å². The van der Waals surface area contributed by atoms with Gasteiger partial charge < -0.3 is 36.8 Å². The summed E-state index contributed by atoms with van der Waals surface area (Å²) < 4.78 is 4.64. The SMILES string of the molecule is COC(=O)CCCCCNC(=O)[C@H](CC1CCCCC1)NC(=O)CNC(=O)[C@@H](CCSC)NC(=O)[C@@H](N)Cc1ccc(O)cc1.Cl. The Morgan fingerprint density at radius 3 is 2.26 bits per heavy atom. The molecule has 0 aliphatic heterocycles. The van der Waals surface area contributed by atoms with E-state index in [4.69, 9.17) is 5.73 Å². The molecule has 1 aromatic carbocycles. The molecule has 1 aliphatic carbocycles. The summed E-state index contributed by atoms with van der Waals surface area (Å²) in [6.45, 7) is 0.0888. The summed E-state index contributed by atoms with van der Waals surface area (Å²) in [5, 5.41) is 20.5. The van der Waals surface area contributed by atoms with Crippen molar-refractivity contribution in [3.63, 3.8) is 0 Å². The quantitative estimate of drug-likeness (QED) is 0.0884. The summed E-state index contributed by atoms with van der Waals surface area (Å²) in [4.78, 5) is 63.1. The number of amides is 4. The summed E-state index contributed by atoms with van der Waals surface area (Å²) >= 11 is 1.52. The fourth-order valence-corrected chi connectivity index (χ4v) is 5.76. The Labute approximate surface area is 282 Å². The molecule has 1 aliphatic rings. The van der Waals surface area contributed by atoms with E-state index >= 15 is 0 Å². The molecule has 7 N–H and O–H groups in total. The fourth-order valence-electron chi connectivity index (χ4n) is 5.29. The Kier molecular flexibility index (Phi) is 20.8. The second kappa shape index (κ2) is 23.3. The average Bonchev–Trinajstić information content (AvgIpc) is 3.04. The number of nitrogens with two attached hydrogens (primary N) is 1. The first-order valence-corrected chi connectivity index (χ1v) is 17.3. The molecule has 12 nitrogen and oxygen atoms in total. The van der Waals surface area contributed by atoms with Gasteiger partial charge in [-0.3, -0.25) is 24.0 Å². The van der Waals surface area contributed by atoms with Crippen LogP contribution < -0.4 is 27.0 Å². The number of halogens is 1. The average molecular weight is 686 g/mol. The van der Waals surface area contributed by atoms with Gasteiger partial charge in [-0.1, -0.05) is 50.7 Å². The van der Waals surface area contributed by atoms with Gasteiger partial charge in [-0.2, -0.15) is 11.8 Å². The standard InChI is InChI=1S/C32H51N5O7S.ClH/c1-44-29(40)11-7-4-8-17-34-32(43)27(20-22-9-5-3-6-10-22)36-28(39)21-35-31(42)26(16-18-45-2)37-30(41)25(33)19-23-12-14-24(38)15-13-23;/h12-15,22,25-27,38H,3-11,16-21,33H2,1-2H3,(H,34,43)(H,35,42)(H,36,39)(H,37,41);1H/t25-,26+,27-;/m0./s1. The number of unbranched alkanes of at least 4 members (excludes halogenated alkanes) is 2. The zero-order valence-corrected chi connectivity index (χ0v) is 28.6. The number of benzene rings is 1. The monoisotopic (exact) mass is 685 g/mol. The lowest BCUT2D eigenvalue weighted by Crippen LogP contribution is -2.54. The topological polar surface area (TPSA) is 189 Å². The largest absolute Gasteiger partial charge is 0.508 e. The summed E-state index contributed by atoms with van der Waals surface area (Å²) in [6.07, 6.45) is 10.9. The number of carbonyl (C=O) groups excluding carboxylic acids is 5. The van der Waals surface area contributed by atoms with Crippen molar-refractivity contribution >= 4 is 53.8 Å². The van der Waals surface area contributed by atoms with Crippen molar-refractivity contribution in [2.45, 2.75) is 95.2 Å². The smallest absolute Gasteiger partial charge is 0.305 e. The van der Waals surface area contributed by atoms with Crippen LogP contribution in [0.2, 0.25) is 0 Å². The summed E-state index contributed by atoms with van der Waals surface area (Å²) in [6, 6.07) is 3.86. The number of carbonyl (C=O) groups is 5. The van der Waals surface area contributed by atoms with Crippen LogP contribution in [-0.4, -0.2) is 85.0 Å². The first kappa shape index (κ1) is 41.0. The molecule has 14 heteroatoms. The summed E-state index contributed by atoms with van der Waals surface area (Å²) in [7, 11) is 1.36. The number of phenolic OH excluding ortho intramolecular Hbond substituents is 1. The van der Waals surface area contributed by atoms with Gasteiger partial charge in [0.15, 0.2) is 0 Å². The molecule has 260 valence electrons. The lowest BCUT2D eigenvalue weighted by molar-refractivity contribution is -0.140. The van der Waals surface area contributed by atoms with Crippen LogP contribution in [0.1, 0.15) is 76.2 Å². The van der Waals surface area contributed by atoms with Crippen molar-refractivity contribution in [1.29, 1.82) is 0 Å². The van der Waals surface area contributed by atoms with Gasteiger partial charge in [0.2, 0.25) is 23.6 Å². The maximum absolute atomic E-state index is 13.1. The molecule has 1 aromatic rings. The highest BCUT2D eigenvalue weighted by Crippen LogP contribution is 2.27. The number of ether oxygens (including phenoxy) is 1. The van der Waals surface area contributed by atoms with E-state index in [0.29, 0.717) is 50.3 Å². The molecule has 3 atom stereocenters. The Morgan fingerprint density at radius 2 is 1.61 bits per heavy atom. The highest BCUT2D eigenvalue weighted by molar-refractivity contribution is 7.98. The number of hydrogen-bond donors (Lipinski definition) is 6. The van der Waals surface area contributed by atoms with Crippen molar-refractivity contribution < 1.29 is 33.8 Å². The minimum Gasteiger partial charge on any atom is -0.508 e. The van der Waals surface area contributed by atoms with Gasteiger partial charge in [-0.05, 0) is 67.7 Å². The van der Waals surface area contributed by atoms with E-state index < -0.39 is 35.8 Å². The van der Waals surface area contributed by atoms with E-state index in [-0.39, 0.29) is 43.0 Å². The van der Waals surface area contributed by atoms with Crippen LogP contribution in [0.5, 0.6) is 5.75 Å². The zero-order valence-electron chi connectivity index (χ0n) is 27.0. The molecular formula is C32H52ClN5O7S. The van der Waals surface area contributed by atoms with Gasteiger partial charge in [-0.15, -0.1) is 12.4 Å². The van der Waals surface area contributed by atoms with E-state index in [1.807, 2.05) is 6.26 Å². The molecule has 0 saturated heterocycles. The lowest BCUT2D eigenvalue weighted by atomic mass is 9.84. The number of thioether (sulfide) groups is 1. The Balaban J connectivity index is 0.0000106. The predicted molar refractivity (Wildman–Crippen MR) is 182 cm³/mol. The first-order valence-electron chi connectivity index (χ1n) is 15.9. The summed E-state index contributed by atoms with van der Waals surface area (Å²) in [5.74, 6) is -0.968. The second-order valence-corrected chi connectivity index (χ2v) is 12.6. The highest BCUT2D eigenvalue weighted by atomic mass is 35.5. The van der Waals surface area contributed by atoms with Crippen LogP contribution in [0.4, 0.5) is 0 Å². The molecule has 0 unspecified atom stereocenters. The zero-order chi connectivity index (χ0) is 33.0. The number of nitrogens with one attached hydrogen (secondary N) is 4. The maximum atomic E-state index is 13.1. The van der Waals surface area contributed by atoms with Crippen LogP contribution in [0.25, 0.3) is 0 Å². The van der Waals surface area contributed by atoms with Crippen molar-refractivity contribution in [2.75, 3.05) is 32.2 Å². The molecule has 4 amide bonds. The van der Waals surface area contributed by atoms with Crippen LogP contribution in [0.15, 0.2) is 24.3 Å². The van der Waals surface area contributed by atoms with E-state index in [1.54, 1.807) is 12.1 Å². The van der Waals surface area contributed by atoms with Crippen LogP contribution in [0.3, 0.4) is 0 Å². The lowest BCUT2D eigenvalue weighted by Gasteiger charge is -2.27. The molecular weight excluding hydrogens is 634 g/mol. The van der Waals surface area contributed by atoms with Crippen LogP contribution >= 0.6 is 24.2 Å². The number of hydrogen-bond acceptors (Lipinski definition) is 9. The third-order valence-corrected chi connectivity index (χ3v) is 8.57. The number of esters is 1. The van der Waals surface area contributed by atoms with E-state index in [2.05, 4.69) is 26.0 Å². The van der Waals surface area contributed by atoms with Gasteiger partial charge in [0.05, 0.1) is 19.7 Å². The molecule has 2 rings (SSSR count).